The summed E-state index contributed by atoms with van der Waals surface area (Å²) >= 11 is 0. The number of carbonyl (C=O) groups excluding carboxylic acids is 1. The van der Waals surface area contributed by atoms with Crippen molar-refractivity contribution in [2.75, 3.05) is 23.3 Å². The Morgan fingerprint density at radius 2 is 1.96 bits per heavy atom. The number of hydrogen-bond acceptors (Lipinski definition) is 3. The number of carbonyl (C=O) groups is 1. The van der Waals surface area contributed by atoms with Gasteiger partial charge in [-0.2, -0.15) is 0 Å². The molecule has 1 fully saturated rings. The van der Waals surface area contributed by atoms with Crippen molar-refractivity contribution >= 4 is 17.3 Å². The van der Waals surface area contributed by atoms with E-state index in [2.05, 4.69) is 5.32 Å². The smallest absolute Gasteiger partial charge is 0.255 e. The van der Waals surface area contributed by atoms with Crippen LogP contribution >= 0.6 is 0 Å². The van der Waals surface area contributed by atoms with Gasteiger partial charge in [-0.25, -0.2) is 8.78 Å². The number of rotatable bonds is 3. The second-order valence-electron chi connectivity index (χ2n) is 7.31. The molecule has 1 aliphatic heterocycles. The van der Waals surface area contributed by atoms with E-state index in [1.165, 1.54) is 24.3 Å². The van der Waals surface area contributed by atoms with Crippen molar-refractivity contribution in [3.63, 3.8) is 0 Å². The van der Waals surface area contributed by atoms with E-state index in [0.29, 0.717) is 48.4 Å². The van der Waals surface area contributed by atoms with Crippen molar-refractivity contribution in [2.24, 2.45) is 5.92 Å². The molecule has 0 saturated carbocycles. The van der Waals surface area contributed by atoms with Crippen LogP contribution in [0.3, 0.4) is 0 Å². The van der Waals surface area contributed by atoms with Crippen molar-refractivity contribution in [1.29, 1.82) is 0 Å². The molecule has 1 aliphatic rings. The van der Waals surface area contributed by atoms with Gasteiger partial charge in [-0.05, 0) is 61.6 Å². The first-order valence-electron chi connectivity index (χ1n) is 9.13. The quantitative estimate of drug-likeness (QED) is 0.850. The third-order valence-corrected chi connectivity index (χ3v) is 4.92. The van der Waals surface area contributed by atoms with Crippen LogP contribution in [0.15, 0.2) is 36.4 Å². The topological polar surface area (TPSA) is 52.6 Å². The van der Waals surface area contributed by atoms with E-state index in [-0.39, 0.29) is 5.92 Å². The van der Waals surface area contributed by atoms with Crippen LogP contribution in [0.2, 0.25) is 0 Å². The number of aliphatic hydroxyl groups is 1. The molecule has 2 atom stereocenters. The zero-order chi connectivity index (χ0) is 19.6. The minimum atomic E-state index is -0.428. The van der Waals surface area contributed by atoms with Gasteiger partial charge in [0, 0.05) is 24.3 Å². The minimum Gasteiger partial charge on any atom is -0.393 e. The second-order valence-corrected chi connectivity index (χ2v) is 7.31. The van der Waals surface area contributed by atoms with Crippen LogP contribution in [-0.4, -0.2) is 30.2 Å². The van der Waals surface area contributed by atoms with E-state index in [9.17, 15) is 18.7 Å². The van der Waals surface area contributed by atoms with E-state index >= 15 is 0 Å². The van der Waals surface area contributed by atoms with Gasteiger partial charge in [0.2, 0.25) is 0 Å². The Labute approximate surface area is 157 Å². The van der Waals surface area contributed by atoms with Gasteiger partial charge >= 0.3 is 0 Å². The number of benzene rings is 2. The molecule has 0 aromatic heterocycles. The molecule has 0 aliphatic carbocycles. The molecule has 2 aromatic carbocycles. The van der Waals surface area contributed by atoms with Gasteiger partial charge in [0.1, 0.15) is 11.6 Å². The number of amides is 1. The Balaban J connectivity index is 1.81. The molecule has 0 spiro atoms. The molecular formula is C21H24F2N2O2. The highest BCUT2D eigenvalue weighted by molar-refractivity contribution is 6.04. The highest BCUT2D eigenvalue weighted by atomic mass is 19.1. The highest BCUT2D eigenvalue weighted by Crippen LogP contribution is 2.27. The summed E-state index contributed by atoms with van der Waals surface area (Å²) in [5.41, 5.74) is 1.48. The molecule has 0 radical (unpaired) electrons. The summed E-state index contributed by atoms with van der Waals surface area (Å²) < 4.78 is 28.1. The molecule has 2 unspecified atom stereocenters. The lowest BCUT2D eigenvalue weighted by atomic mass is 10.0. The van der Waals surface area contributed by atoms with E-state index < -0.39 is 23.6 Å². The first kappa shape index (κ1) is 19.3. The molecule has 27 heavy (non-hydrogen) atoms. The summed E-state index contributed by atoms with van der Waals surface area (Å²) in [4.78, 5) is 14.4. The molecule has 3 rings (SSSR count). The summed E-state index contributed by atoms with van der Waals surface area (Å²) in [6.07, 6.45) is 0.844. The molecule has 0 bridgehead atoms. The number of halogens is 2. The number of aryl methyl sites for hydroxylation is 1. The lowest BCUT2D eigenvalue weighted by Gasteiger charge is -2.25. The molecular weight excluding hydrogens is 350 g/mol. The van der Waals surface area contributed by atoms with Gasteiger partial charge in [-0.3, -0.25) is 4.79 Å². The van der Waals surface area contributed by atoms with Gasteiger partial charge in [0.15, 0.2) is 0 Å². The summed E-state index contributed by atoms with van der Waals surface area (Å²) in [7, 11) is 0. The van der Waals surface area contributed by atoms with Gasteiger partial charge < -0.3 is 15.3 Å². The van der Waals surface area contributed by atoms with Crippen molar-refractivity contribution in [2.45, 2.75) is 32.8 Å². The zero-order valence-corrected chi connectivity index (χ0v) is 15.5. The Morgan fingerprint density at radius 3 is 2.70 bits per heavy atom. The average molecular weight is 374 g/mol. The largest absolute Gasteiger partial charge is 0.393 e. The fourth-order valence-corrected chi connectivity index (χ4v) is 3.42. The van der Waals surface area contributed by atoms with Crippen LogP contribution in [-0.2, 0) is 0 Å². The molecule has 4 nitrogen and oxygen atoms in total. The third kappa shape index (κ3) is 4.63. The fourth-order valence-electron chi connectivity index (χ4n) is 3.42. The van der Waals surface area contributed by atoms with Crippen molar-refractivity contribution < 1.29 is 18.7 Å². The number of hydrogen-bond donors (Lipinski definition) is 2. The van der Waals surface area contributed by atoms with Crippen LogP contribution in [0.1, 0.15) is 35.7 Å². The standard InChI is InChI=1S/C21H24F2N2O2/c1-13-9-17(26)7-8-25(12-13)20-10-15(4-6-18(20)22)21(27)24-16-5-3-14(2)19(23)11-16/h3-6,10-11,13,17,26H,7-9,12H2,1-2H3,(H,24,27). The lowest BCUT2D eigenvalue weighted by Crippen LogP contribution is -2.28. The van der Waals surface area contributed by atoms with E-state index in [1.54, 1.807) is 19.1 Å². The fraction of sp³-hybridized carbons (Fsp3) is 0.381. The number of anilines is 2. The summed E-state index contributed by atoms with van der Waals surface area (Å²) in [6, 6.07) is 8.67. The SMILES string of the molecule is Cc1ccc(NC(=O)c2ccc(F)c(N3CCC(O)CC(C)C3)c2)cc1F. The van der Waals surface area contributed by atoms with Gasteiger partial charge in [-0.1, -0.05) is 13.0 Å². The highest BCUT2D eigenvalue weighted by Gasteiger charge is 2.23. The summed E-state index contributed by atoms with van der Waals surface area (Å²) in [6.45, 7) is 4.80. The van der Waals surface area contributed by atoms with Crippen LogP contribution in [0.4, 0.5) is 20.2 Å². The Kier molecular flexibility index (Phi) is 5.75. The monoisotopic (exact) mass is 374 g/mol. The number of nitrogens with one attached hydrogen (secondary N) is 1. The Bertz CT molecular complexity index is 841. The summed E-state index contributed by atoms with van der Waals surface area (Å²) in [5.74, 6) is -1.02. The number of nitrogens with zero attached hydrogens (tertiary/aromatic N) is 1. The van der Waals surface area contributed by atoms with Crippen molar-refractivity contribution in [3.8, 4) is 0 Å². The summed E-state index contributed by atoms with van der Waals surface area (Å²) in [5, 5.41) is 12.6. The lowest BCUT2D eigenvalue weighted by molar-refractivity contribution is 0.102. The molecule has 1 saturated heterocycles. The predicted octanol–water partition coefficient (Wildman–Crippen LogP) is 4.12. The molecule has 2 N–H and O–H groups in total. The third-order valence-electron chi connectivity index (χ3n) is 4.92. The van der Waals surface area contributed by atoms with Crippen LogP contribution in [0, 0.1) is 24.5 Å². The first-order valence-corrected chi connectivity index (χ1v) is 9.13. The molecule has 1 heterocycles. The molecule has 2 aromatic rings. The molecule has 6 heteroatoms. The van der Waals surface area contributed by atoms with Gasteiger partial charge in [0.25, 0.3) is 5.91 Å². The maximum absolute atomic E-state index is 14.4. The van der Waals surface area contributed by atoms with Crippen LogP contribution in [0.5, 0.6) is 0 Å². The Hall–Kier alpha value is -2.47. The van der Waals surface area contributed by atoms with Crippen LogP contribution < -0.4 is 10.2 Å². The molecule has 1 amide bonds. The predicted molar refractivity (Wildman–Crippen MR) is 102 cm³/mol. The van der Waals surface area contributed by atoms with Crippen molar-refractivity contribution in [1.82, 2.24) is 0 Å². The first-order chi connectivity index (χ1) is 12.8. The van der Waals surface area contributed by atoms with Crippen molar-refractivity contribution in [3.05, 3.63) is 59.2 Å². The normalized spacial score (nSPS) is 20.3. The van der Waals surface area contributed by atoms with Gasteiger partial charge in [0.05, 0.1) is 11.8 Å². The van der Waals surface area contributed by atoms with E-state index in [0.717, 1.165) is 0 Å². The second kappa shape index (κ2) is 8.05. The number of aliphatic hydroxyl groups excluding tert-OH is 1. The average Bonchev–Trinajstić information content (AvgIpc) is 2.78. The minimum absolute atomic E-state index is 0.218. The Morgan fingerprint density at radius 1 is 1.19 bits per heavy atom. The van der Waals surface area contributed by atoms with E-state index in [4.69, 9.17) is 0 Å². The van der Waals surface area contributed by atoms with Gasteiger partial charge in [-0.15, -0.1) is 0 Å². The molecule has 144 valence electrons. The maximum atomic E-state index is 14.4. The van der Waals surface area contributed by atoms with Crippen LogP contribution in [0.25, 0.3) is 0 Å². The zero-order valence-electron chi connectivity index (χ0n) is 15.5. The van der Waals surface area contributed by atoms with E-state index in [1.807, 2.05) is 11.8 Å². The maximum Gasteiger partial charge on any atom is 0.255 e.